The summed E-state index contributed by atoms with van der Waals surface area (Å²) >= 11 is 0. The lowest BCUT2D eigenvalue weighted by Crippen LogP contribution is -2.68. The minimum absolute atomic E-state index is 0.0517. The van der Waals surface area contributed by atoms with Crippen LogP contribution >= 0.6 is 0 Å². The molecular formula is C30H38N2O4. The highest BCUT2D eigenvalue weighted by atomic mass is 16.5. The van der Waals surface area contributed by atoms with Crippen LogP contribution in [0.3, 0.4) is 0 Å². The van der Waals surface area contributed by atoms with Crippen LogP contribution in [0.4, 0.5) is 0 Å². The number of ether oxygens (including phenoxy) is 2. The van der Waals surface area contributed by atoms with E-state index in [1.807, 2.05) is 19.2 Å². The Morgan fingerprint density at radius 2 is 1.97 bits per heavy atom. The lowest BCUT2D eigenvalue weighted by molar-refractivity contribution is -0.150. The van der Waals surface area contributed by atoms with Gasteiger partial charge in [-0.25, -0.2) is 0 Å². The van der Waals surface area contributed by atoms with Crippen molar-refractivity contribution in [2.24, 2.45) is 5.92 Å². The molecule has 2 aromatic carbocycles. The van der Waals surface area contributed by atoms with E-state index in [1.54, 1.807) is 37.5 Å². The lowest BCUT2D eigenvalue weighted by atomic mass is 9.55. The zero-order valence-electron chi connectivity index (χ0n) is 21.4. The molecule has 0 spiro atoms. The van der Waals surface area contributed by atoms with Crippen molar-refractivity contribution in [2.75, 3.05) is 33.9 Å². The standard InChI is InChI=1S/C30H38N2O4/c1-35-27-8-4-6-24(18-27)29-15-16-32(20-23-9-10-23)21-30(29,36-2)14-13-25(19-29)31-28(34)12-11-22-5-3-7-26(33)17-22/h3-8,11-12,17-18,23,25,33H,9-10,13-16,19-21H2,1-2H3,(H,31,34)/t25-,29+,30+/m1/s1. The van der Waals surface area contributed by atoms with Crippen molar-refractivity contribution in [1.29, 1.82) is 0 Å². The summed E-state index contributed by atoms with van der Waals surface area (Å²) in [5.41, 5.74) is 1.53. The van der Waals surface area contributed by atoms with Gasteiger partial charge in [-0.2, -0.15) is 0 Å². The molecule has 192 valence electrons. The third-order valence-electron chi connectivity index (χ3n) is 8.57. The highest BCUT2D eigenvalue weighted by molar-refractivity contribution is 5.92. The molecule has 1 aliphatic heterocycles. The number of benzene rings is 2. The van der Waals surface area contributed by atoms with Gasteiger partial charge in [-0.1, -0.05) is 24.3 Å². The van der Waals surface area contributed by atoms with Crippen molar-refractivity contribution in [3.8, 4) is 11.5 Å². The van der Waals surface area contributed by atoms with Crippen LogP contribution in [-0.2, 0) is 14.9 Å². The summed E-state index contributed by atoms with van der Waals surface area (Å²) in [6.45, 7) is 3.13. The van der Waals surface area contributed by atoms with Gasteiger partial charge >= 0.3 is 0 Å². The maximum Gasteiger partial charge on any atom is 0.244 e. The molecule has 0 aromatic heterocycles. The first-order chi connectivity index (χ1) is 17.4. The fourth-order valence-corrected chi connectivity index (χ4v) is 6.51. The molecule has 5 rings (SSSR count). The van der Waals surface area contributed by atoms with Crippen LogP contribution in [0.25, 0.3) is 6.08 Å². The average molecular weight is 491 g/mol. The van der Waals surface area contributed by atoms with E-state index in [0.717, 1.165) is 56.0 Å². The smallest absolute Gasteiger partial charge is 0.244 e. The van der Waals surface area contributed by atoms with Crippen LogP contribution in [0.2, 0.25) is 0 Å². The third kappa shape index (κ3) is 5.02. The Kier molecular flexibility index (Phi) is 7.09. The highest BCUT2D eigenvalue weighted by Crippen LogP contribution is 2.54. The molecule has 0 unspecified atom stereocenters. The van der Waals surface area contributed by atoms with Gasteiger partial charge in [-0.15, -0.1) is 0 Å². The minimum atomic E-state index is -0.300. The summed E-state index contributed by atoms with van der Waals surface area (Å²) in [6.07, 6.45) is 9.59. The third-order valence-corrected chi connectivity index (χ3v) is 8.57. The van der Waals surface area contributed by atoms with E-state index in [4.69, 9.17) is 9.47 Å². The average Bonchev–Trinajstić information content (AvgIpc) is 3.71. The molecule has 0 radical (unpaired) electrons. The van der Waals surface area contributed by atoms with Crippen molar-refractivity contribution >= 4 is 12.0 Å². The van der Waals surface area contributed by atoms with Gasteiger partial charge in [0.25, 0.3) is 0 Å². The van der Waals surface area contributed by atoms with Gasteiger partial charge in [0, 0.05) is 37.7 Å². The number of methoxy groups -OCH3 is 2. The molecule has 6 heteroatoms. The summed E-state index contributed by atoms with van der Waals surface area (Å²) in [6, 6.07) is 15.4. The van der Waals surface area contributed by atoms with Crippen LogP contribution < -0.4 is 10.1 Å². The van der Waals surface area contributed by atoms with Gasteiger partial charge in [0.15, 0.2) is 0 Å². The molecular weight excluding hydrogens is 452 g/mol. The van der Waals surface area contributed by atoms with Gasteiger partial charge < -0.3 is 24.8 Å². The Bertz CT molecular complexity index is 1110. The number of carbonyl (C=O) groups excluding carboxylic acids is 1. The second-order valence-electron chi connectivity index (χ2n) is 10.8. The number of fused-ring (bicyclic) bond motifs is 1. The molecule has 2 N–H and O–H groups in total. The van der Waals surface area contributed by atoms with Crippen LogP contribution in [-0.4, -0.2) is 61.4 Å². The number of nitrogens with zero attached hydrogens (tertiary/aromatic N) is 1. The van der Waals surface area contributed by atoms with E-state index < -0.39 is 0 Å². The molecule has 1 heterocycles. The minimum Gasteiger partial charge on any atom is -0.508 e. The van der Waals surface area contributed by atoms with Gasteiger partial charge in [0.2, 0.25) is 5.91 Å². The van der Waals surface area contributed by atoms with Crippen molar-refractivity contribution < 1.29 is 19.4 Å². The number of phenols is 1. The van der Waals surface area contributed by atoms with E-state index in [0.29, 0.717) is 0 Å². The zero-order valence-corrected chi connectivity index (χ0v) is 21.4. The van der Waals surface area contributed by atoms with E-state index in [1.165, 1.54) is 24.9 Å². The normalized spacial score (nSPS) is 28.6. The molecule has 3 aliphatic rings. The van der Waals surface area contributed by atoms with Crippen molar-refractivity contribution in [3.63, 3.8) is 0 Å². The van der Waals surface area contributed by atoms with E-state index >= 15 is 0 Å². The Hall–Kier alpha value is -2.83. The molecule has 1 saturated heterocycles. The maximum absolute atomic E-state index is 12.9. The van der Waals surface area contributed by atoms with E-state index in [-0.39, 0.29) is 28.7 Å². The maximum atomic E-state index is 12.9. The predicted octanol–water partition coefficient (Wildman–Crippen LogP) is 4.52. The number of carbonyl (C=O) groups is 1. The summed E-state index contributed by atoms with van der Waals surface area (Å²) in [5.74, 6) is 1.78. The molecule has 2 aliphatic carbocycles. The largest absolute Gasteiger partial charge is 0.508 e. The quantitative estimate of drug-likeness (QED) is 0.533. The van der Waals surface area contributed by atoms with Crippen LogP contribution in [0.15, 0.2) is 54.6 Å². The monoisotopic (exact) mass is 490 g/mol. The van der Waals surface area contributed by atoms with E-state index in [9.17, 15) is 9.90 Å². The fraction of sp³-hybridized carbons (Fsp3) is 0.500. The number of amides is 1. The molecule has 3 atom stereocenters. The summed E-state index contributed by atoms with van der Waals surface area (Å²) in [7, 11) is 3.58. The summed E-state index contributed by atoms with van der Waals surface area (Å²) in [4.78, 5) is 15.5. The van der Waals surface area contributed by atoms with Crippen molar-refractivity contribution in [2.45, 2.75) is 55.6 Å². The Labute approximate surface area is 214 Å². The number of phenolic OH excluding ortho intramolecular Hbond substituents is 1. The number of nitrogens with one attached hydrogen (secondary N) is 1. The number of aromatic hydroxyl groups is 1. The number of likely N-dealkylation sites (tertiary alicyclic amines) is 1. The Morgan fingerprint density at radius 3 is 2.72 bits per heavy atom. The van der Waals surface area contributed by atoms with Gasteiger partial charge in [-0.05, 0) is 92.5 Å². The van der Waals surface area contributed by atoms with Gasteiger partial charge in [0.1, 0.15) is 11.5 Å². The van der Waals surface area contributed by atoms with Gasteiger partial charge in [0.05, 0.1) is 12.7 Å². The first-order valence-corrected chi connectivity index (χ1v) is 13.1. The molecule has 1 amide bonds. The van der Waals surface area contributed by atoms with Crippen molar-refractivity contribution in [1.82, 2.24) is 10.2 Å². The molecule has 2 saturated carbocycles. The number of hydrogen-bond acceptors (Lipinski definition) is 5. The van der Waals surface area contributed by atoms with Crippen molar-refractivity contribution in [3.05, 3.63) is 65.7 Å². The van der Waals surface area contributed by atoms with Gasteiger partial charge in [-0.3, -0.25) is 4.79 Å². The second-order valence-corrected chi connectivity index (χ2v) is 10.8. The molecule has 0 bridgehead atoms. The predicted molar refractivity (Wildman–Crippen MR) is 141 cm³/mol. The number of hydrogen-bond donors (Lipinski definition) is 2. The SMILES string of the molecule is COc1cccc([C@@]23CCN(CC4CC4)C[C@@]2(OC)CC[C@@H](NC(=O)C=Cc2cccc(O)c2)C3)c1. The molecule has 2 aromatic rings. The summed E-state index contributed by atoms with van der Waals surface area (Å²) in [5, 5.41) is 12.9. The first kappa shape index (κ1) is 24.8. The highest BCUT2D eigenvalue weighted by Gasteiger charge is 2.59. The molecule has 36 heavy (non-hydrogen) atoms. The zero-order chi connectivity index (χ0) is 25.2. The lowest BCUT2D eigenvalue weighted by Gasteiger charge is -2.60. The van der Waals surface area contributed by atoms with Crippen LogP contribution in [0.1, 0.15) is 49.7 Å². The molecule has 3 fully saturated rings. The number of rotatable bonds is 8. The van der Waals surface area contributed by atoms with Crippen LogP contribution in [0.5, 0.6) is 11.5 Å². The topological polar surface area (TPSA) is 71.0 Å². The Balaban J connectivity index is 1.39. The summed E-state index contributed by atoms with van der Waals surface area (Å²) < 4.78 is 12.1. The fourth-order valence-electron chi connectivity index (χ4n) is 6.51. The van der Waals surface area contributed by atoms with Crippen LogP contribution in [0, 0.1) is 5.92 Å². The number of piperidine rings is 1. The second kappa shape index (κ2) is 10.3. The first-order valence-electron chi connectivity index (χ1n) is 13.1. The van der Waals surface area contributed by atoms with E-state index in [2.05, 4.69) is 28.4 Å². The molecule has 6 nitrogen and oxygen atoms in total. The Morgan fingerprint density at radius 1 is 1.14 bits per heavy atom.